The highest BCUT2D eigenvalue weighted by molar-refractivity contribution is 6.32. The molecule has 2 aromatic heterocycles. The van der Waals surface area contributed by atoms with Crippen molar-refractivity contribution in [2.75, 3.05) is 11.9 Å². The summed E-state index contributed by atoms with van der Waals surface area (Å²) in [5.74, 6) is -0.339. The fourth-order valence-corrected chi connectivity index (χ4v) is 3.41. The number of amides is 2. The molecular formula is C20H15ClF2N4O4. The van der Waals surface area contributed by atoms with Crippen LogP contribution < -0.4 is 10.1 Å². The Morgan fingerprint density at radius 2 is 2.16 bits per heavy atom. The van der Waals surface area contributed by atoms with Gasteiger partial charge in [0.2, 0.25) is 0 Å². The predicted molar refractivity (Wildman–Crippen MR) is 105 cm³/mol. The Bertz CT molecular complexity index is 1120. The molecule has 1 aliphatic heterocycles. The van der Waals surface area contributed by atoms with Crippen LogP contribution in [0, 0.1) is 0 Å². The van der Waals surface area contributed by atoms with Gasteiger partial charge >= 0.3 is 0 Å². The Kier molecular flexibility index (Phi) is 5.81. The molecule has 0 saturated heterocycles. The Morgan fingerprint density at radius 3 is 2.87 bits per heavy atom. The molecule has 1 aliphatic rings. The number of ether oxygens (including phenoxy) is 1. The smallest absolute Gasteiger partial charge is 0.278 e. The van der Waals surface area contributed by atoms with Crippen LogP contribution in [0.25, 0.3) is 0 Å². The van der Waals surface area contributed by atoms with Crippen molar-refractivity contribution in [3.63, 3.8) is 0 Å². The molecule has 0 unspecified atom stereocenters. The highest BCUT2D eigenvalue weighted by Crippen LogP contribution is 2.31. The maximum atomic E-state index is 12.8. The van der Waals surface area contributed by atoms with Crippen LogP contribution in [0.2, 0.25) is 5.02 Å². The molecule has 1 aromatic carbocycles. The molecule has 11 heteroatoms. The third kappa shape index (κ3) is 4.48. The van der Waals surface area contributed by atoms with E-state index in [0.717, 1.165) is 6.39 Å². The Morgan fingerprint density at radius 1 is 1.32 bits per heavy atom. The van der Waals surface area contributed by atoms with Crippen LogP contribution in [0.3, 0.4) is 0 Å². The summed E-state index contributed by atoms with van der Waals surface area (Å²) in [5, 5.41) is 2.81. The highest BCUT2D eigenvalue weighted by Gasteiger charge is 2.31. The van der Waals surface area contributed by atoms with Crippen molar-refractivity contribution in [1.82, 2.24) is 14.9 Å². The number of hydrogen-bond acceptors (Lipinski definition) is 6. The van der Waals surface area contributed by atoms with E-state index in [4.69, 9.17) is 20.8 Å². The number of pyridine rings is 1. The molecule has 31 heavy (non-hydrogen) atoms. The van der Waals surface area contributed by atoms with Crippen LogP contribution in [0.1, 0.15) is 32.0 Å². The summed E-state index contributed by atoms with van der Waals surface area (Å²) in [6.45, 7) is -0.314. The van der Waals surface area contributed by atoms with Crippen LogP contribution in [-0.2, 0) is 13.1 Å². The number of benzene rings is 1. The van der Waals surface area contributed by atoms with Gasteiger partial charge in [-0.1, -0.05) is 17.7 Å². The van der Waals surface area contributed by atoms with Crippen LogP contribution in [-0.4, -0.2) is 39.7 Å². The lowest BCUT2D eigenvalue weighted by Crippen LogP contribution is -2.23. The van der Waals surface area contributed by atoms with E-state index < -0.39 is 18.9 Å². The zero-order chi connectivity index (χ0) is 22.0. The third-order valence-corrected chi connectivity index (χ3v) is 4.85. The number of alkyl halides is 2. The van der Waals surface area contributed by atoms with E-state index in [2.05, 4.69) is 15.3 Å². The van der Waals surface area contributed by atoms with Crippen LogP contribution in [0.4, 0.5) is 14.6 Å². The molecule has 0 radical (unpaired) electrons. The number of carbonyl (C=O) groups is 2. The first-order valence-electron chi connectivity index (χ1n) is 9.08. The zero-order valence-electron chi connectivity index (χ0n) is 15.8. The first-order chi connectivity index (χ1) is 14.9. The molecule has 8 nitrogen and oxygen atoms in total. The lowest BCUT2D eigenvalue weighted by Gasteiger charge is -2.17. The topological polar surface area (TPSA) is 97.6 Å². The van der Waals surface area contributed by atoms with E-state index in [9.17, 15) is 18.4 Å². The summed E-state index contributed by atoms with van der Waals surface area (Å²) in [6.07, 6.45) is 1.17. The van der Waals surface area contributed by atoms with Gasteiger partial charge < -0.3 is 19.4 Å². The normalized spacial score (nSPS) is 12.9. The first kappa shape index (κ1) is 20.7. The summed E-state index contributed by atoms with van der Waals surface area (Å²) in [7, 11) is 0. The second-order valence-electron chi connectivity index (χ2n) is 6.64. The molecule has 0 fully saturated rings. The number of aromatic nitrogens is 2. The number of halogens is 3. The Labute approximate surface area is 179 Å². The quantitative estimate of drug-likeness (QED) is 0.591. The van der Waals surface area contributed by atoms with Crippen molar-refractivity contribution in [2.45, 2.75) is 19.5 Å². The van der Waals surface area contributed by atoms with Gasteiger partial charge in [-0.3, -0.25) is 9.59 Å². The SMILES string of the molecule is O=C(Nc1nccc2c1CN(Cc1ccc(OCC(F)F)c(Cl)c1)C2=O)c1cocn1. The van der Waals surface area contributed by atoms with Crippen molar-refractivity contribution in [1.29, 1.82) is 0 Å². The van der Waals surface area contributed by atoms with E-state index in [1.807, 2.05) is 0 Å². The Balaban J connectivity index is 1.48. The fraction of sp³-hybridized carbons (Fsp3) is 0.200. The van der Waals surface area contributed by atoms with Crippen LogP contribution in [0.15, 0.2) is 47.5 Å². The zero-order valence-corrected chi connectivity index (χ0v) is 16.6. The first-order valence-corrected chi connectivity index (χ1v) is 9.46. The van der Waals surface area contributed by atoms with Crippen molar-refractivity contribution in [2.24, 2.45) is 0 Å². The average molecular weight is 449 g/mol. The van der Waals surface area contributed by atoms with Crippen molar-refractivity contribution >= 4 is 29.2 Å². The fourth-order valence-electron chi connectivity index (χ4n) is 3.15. The highest BCUT2D eigenvalue weighted by atomic mass is 35.5. The van der Waals surface area contributed by atoms with Gasteiger partial charge in [0.15, 0.2) is 12.1 Å². The molecule has 4 rings (SSSR count). The minimum absolute atomic E-state index is 0.0874. The number of fused-ring (bicyclic) bond motifs is 1. The summed E-state index contributed by atoms with van der Waals surface area (Å²) in [5.41, 5.74) is 1.78. The number of anilines is 1. The van der Waals surface area contributed by atoms with Gasteiger partial charge in [0.1, 0.15) is 24.4 Å². The molecule has 0 saturated carbocycles. The van der Waals surface area contributed by atoms with Gasteiger partial charge in [0.05, 0.1) is 11.6 Å². The number of carbonyl (C=O) groups excluding carboxylic acids is 2. The number of hydrogen-bond donors (Lipinski definition) is 1. The van der Waals surface area contributed by atoms with E-state index >= 15 is 0 Å². The molecule has 0 spiro atoms. The van der Waals surface area contributed by atoms with Crippen LogP contribution >= 0.6 is 11.6 Å². The summed E-state index contributed by atoms with van der Waals surface area (Å²) in [6, 6.07) is 6.27. The molecule has 2 amide bonds. The molecule has 0 atom stereocenters. The molecular weight excluding hydrogens is 434 g/mol. The molecule has 1 N–H and O–H groups in total. The number of oxazole rings is 1. The largest absolute Gasteiger partial charge is 0.486 e. The monoisotopic (exact) mass is 448 g/mol. The standard InChI is InChI=1S/C20H15ClF2N4O4/c21-14-5-11(1-2-16(14)31-9-17(22)23)6-27-7-13-12(20(27)29)3-4-24-18(13)26-19(28)15-8-30-10-25-15/h1-5,8,10,17H,6-7,9H2,(H,24,26,28). The molecule has 3 aromatic rings. The van der Waals surface area contributed by atoms with E-state index in [1.54, 1.807) is 23.1 Å². The lowest BCUT2D eigenvalue weighted by molar-refractivity contribution is 0.0765. The van der Waals surface area contributed by atoms with E-state index in [0.29, 0.717) is 16.7 Å². The van der Waals surface area contributed by atoms with Gasteiger partial charge in [0.25, 0.3) is 18.2 Å². The minimum Gasteiger partial charge on any atom is -0.486 e. The van der Waals surface area contributed by atoms with Crippen molar-refractivity contribution in [3.8, 4) is 5.75 Å². The predicted octanol–water partition coefficient (Wildman–Crippen LogP) is 3.78. The van der Waals surface area contributed by atoms with Gasteiger partial charge in [-0.2, -0.15) is 0 Å². The number of nitrogens with one attached hydrogen (secondary N) is 1. The lowest BCUT2D eigenvalue weighted by atomic mass is 10.1. The minimum atomic E-state index is -2.61. The molecule has 3 heterocycles. The van der Waals surface area contributed by atoms with Crippen molar-refractivity contribution < 1.29 is 27.5 Å². The second kappa shape index (κ2) is 8.68. The van der Waals surface area contributed by atoms with Gasteiger partial charge in [-0.15, -0.1) is 0 Å². The second-order valence-corrected chi connectivity index (χ2v) is 7.05. The van der Waals surface area contributed by atoms with Crippen LogP contribution in [0.5, 0.6) is 5.75 Å². The van der Waals surface area contributed by atoms with Crippen molar-refractivity contribution in [3.05, 3.63) is 70.5 Å². The van der Waals surface area contributed by atoms with Gasteiger partial charge in [-0.05, 0) is 23.8 Å². The van der Waals surface area contributed by atoms with E-state index in [1.165, 1.54) is 18.5 Å². The maximum absolute atomic E-state index is 12.8. The average Bonchev–Trinajstić information content (AvgIpc) is 3.37. The van der Waals surface area contributed by atoms with Gasteiger partial charge in [0, 0.05) is 23.9 Å². The summed E-state index contributed by atoms with van der Waals surface area (Å²) < 4.78 is 34.4. The molecule has 160 valence electrons. The van der Waals surface area contributed by atoms with E-state index in [-0.39, 0.29) is 41.3 Å². The number of rotatable bonds is 7. The molecule has 0 bridgehead atoms. The number of nitrogens with zero attached hydrogens (tertiary/aromatic N) is 3. The summed E-state index contributed by atoms with van der Waals surface area (Å²) >= 11 is 6.11. The summed E-state index contributed by atoms with van der Waals surface area (Å²) in [4.78, 5) is 34.6. The molecule has 0 aliphatic carbocycles. The Hall–Kier alpha value is -3.53. The van der Waals surface area contributed by atoms with Gasteiger partial charge in [-0.25, -0.2) is 18.7 Å². The maximum Gasteiger partial charge on any atom is 0.278 e. The third-order valence-electron chi connectivity index (χ3n) is 4.55.